The highest BCUT2D eigenvalue weighted by atomic mass is 19.4. The van der Waals surface area contributed by atoms with Gasteiger partial charge in [0.25, 0.3) is 0 Å². The molecule has 0 aromatic heterocycles. The number of carbonyl (C=O) groups excluding carboxylic acids is 1. The Kier molecular flexibility index (Phi) is 3.06. The van der Waals surface area contributed by atoms with E-state index in [1.165, 1.54) is 12.1 Å². The summed E-state index contributed by atoms with van der Waals surface area (Å²) in [5.74, 6) is 0. The van der Waals surface area contributed by atoms with Crippen molar-refractivity contribution in [2.75, 3.05) is 0 Å². The third-order valence-electron chi connectivity index (χ3n) is 3.55. The monoisotopic (exact) mass is 269 g/mol. The maximum atomic E-state index is 12.5. The number of hydrogen-bond acceptors (Lipinski definition) is 2. The second-order valence-electron chi connectivity index (χ2n) is 5.83. The Morgan fingerprint density at radius 2 is 1.68 bits per heavy atom. The van der Waals surface area contributed by atoms with Crippen molar-refractivity contribution >= 4 is 6.08 Å². The normalized spacial score (nSPS) is 20.3. The van der Waals surface area contributed by atoms with Crippen LogP contribution in [0.1, 0.15) is 37.8 Å². The molecule has 0 radical (unpaired) electrons. The zero-order chi connectivity index (χ0) is 14.3. The van der Waals surface area contributed by atoms with Crippen LogP contribution in [0.5, 0.6) is 0 Å². The zero-order valence-electron chi connectivity index (χ0n) is 10.7. The van der Waals surface area contributed by atoms with Crippen molar-refractivity contribution in [1.82, 2.24) is 0 Å². The fourth-order valence-electron chi connectivity index (χ4n) is 2.94. The standard InChI is InChI=1S/C14H14F3NO/c1-12(2)7-13(8-12,18-9-19)10-3-5-11(6-4-10)14(15,16)17/h3-6H,7-8H2,1-2H3. The molecular weight excluding hydrogens is 255 g/mol. The lowest BCUT2D eigenvalue weighted by Crippen LogP contribution is -2.45. The molecule has 5 heteroatoms. The van der Waals surface area contributed by atoms with Crippen molar-refractivity contribution in [3.63, 3.8) is 0 Å². The SMILES string of the molecule is CC1(C)CC(N=C=O)(c2ccc(C(F)(F)F)cc2)C1. The van der Waals surface area contributed by atoms with Crippen molar-refractivity contribution in [1.29, 1.82) is 0 Å². The van der Waals surface area contributed by atoms with E-state index in [4.69, 9.17) is 0 Å². The van der Waals surface area contributed by atoms with E-state index < -0.39 is 17.3 Å². The molecule has 0 spiro atoms. The highest BCUT2D eigenvalue weighted by molar-refractivity contribution is 5.41. The van der Waals surface area contributed by atoms with Crippen LogP contribution in [0.4, 0.5) is 13.2 Å². The van der Waals surface area contributed by atoms with Crippen LogP contribution < -0.4 is 0 Å². The lowest BCUT2D eigenvalue weighted by atomic mass is 9.57. The van der Waals surface area contributed by atoms with Gasteiger partial charge in [0.1, 0.15) is 0 Å². The van der Waals surface area contributed by atoms with Gasteiger partial charge >= 0.3 is 6.18 Å². The van der Waals surface area contributed by atoms with Gasteiger partial charge in [-0.2, -0.15) is 18.2 Å². The predicted molar refractivity (Wildman–Crippen MR) is 64.3 cm³/mol. The van der Waals surface area contributed by atoms with Gasteiger partial charge in [-0.3, -0.25) is 0 Å². The number of isocyanates is 1. The number of nitrogens with zero attached hydrogens (tertiary/aromatic N) is 1. The Morgan fingerprint density at radius 3 is 2.05 bits per heavy atom. The lowest BCUT2D eigenvalue weighted by molar-refractivity contribution is -0.137. The quantitative estimate of drug-likeness (QED) is 0.588. The summed E-state index contributed by atoms with van der Waals surface area (Å²) < 4.78 is 37.5. The first-order valence-corrected chi connectivity index (χ1v) is 5.95. The van der Waals surface area contributed by atoms with Gasteiger partial charge in [0.2, 0.25) is 6.08 Å². The van der Waals surface area contributed by atoms with Gasteiger partial charge in [-0.25, -0.2) is 4.79 Å². The summed E-state index contributed by atoms with van der Waals surface area (Å²) in [7, 11) is 0. The Hall–Kier alpha value is -1.61. The van der Waals surface area contributed by atoms with Gasteiger partial charge < -0.3 is 0 Å². The van der Waals surface area contributed by atoms with Crippen LogP contribution in [-0.2, 0) is 16.5 Å². The summed E-state index contributed by atoms with van der Waals surface area (Å²) in [6.45, 7) is 4.07. The highest BCUT2D eigenvalue weighted by Gasteiger charge is 2.50. The maximum absolute atomic E-state index is 12.5. The van der Waals surface area contributed by atoms with E-state index in [-0.39, 0.29) is 5.41 Å². The number of hydrogen-bond donors (Lipinski definition) is 0. The third kappa shape index (κ3) is 2.56. The molecule has 1 aromatic carbocycles. The summed E-state index contributed by atoms with van der Waals surface area (Å²) in [5, 5.41) is 0. The fraction of sp³-hybridized carbons (Fsp3) is 0.500. The highest BCUT2D eigenvalue weighted by Crippen LogP contribution is 2.56. The molecule has 0 bridgehead atoms. The molecule has 0 heterocycles. The topological polar surface area (TPSA) is 29.4 Å². The van der Waals surface area contributed by atoms with Crippen molar-refractivity contribution in [3.05, 3.63) is 35.4 Å². The summed E-state index contributed by atoms with van der Waals surface area (Å²) in [4.78, 5) is 14.4. The van der Waals surface area contributed by atoms with Crippen LogP contribution in [0.25, 0.3) is 0 Å². The predicted octanol–water partition coefficient (Wildman–Crippen LogP) is 4.06. The van der Waals surface area contributed by atoms with E-state index in [9.17, 15) is 18.0 Å². The fourth-order valence-corrected chi connectivity index (χ4v) is 2.94. The second-order valence-corrected chi connectivity index (χ2v) is 5.83. The molecule has 19 heavy (non-hydrogen) atoms. The molecule has 0 atom stereocenters. The molecule has 0 amide bonds. The smallest absolute Gasteiger partial charge is 0.211 e. The lowest BCUT2D eigenvalue weighted by Gasteiger charge is -2.50. The molecule has 102 valence electrons. The molecule has 0 N–H and O–H groups in total. The van der Waals surface area contributed by atoms with Crippen LogP contribution in [0.3, 0.4) is 0 Å². The molecule has 1 aliphatic rings. The summed E-state index contributed by atoms with van der Waals surface area (Å²) in [6, 6.07) is 4.86. The molecule has 1 aliphatic carbocycles. The van der Waals surface area contributed by atoms with Gasteiger partial charge in [0, 0.05) is 0 Å². The third-order valence-corrected chi connectivity index (χ3v) is 3.55. The number of rotatable bonds is 2. The van der Waals surface area contributed by atoms with Crippen LogP contribution in [-0.4, -0.2) is 6.08 Å². The Balaban J connectivity index is 2.33. The van der Waals surface area contributed by atoms with Crippen molar-refractivity contribution in [2.45, 2.75) is 38.4 Å². The van der Waals surface area contributed by atoms with Gasteiger partial charge in [-0.15, -0.1) is 0 Å². The van der Waals surface area contributed by atoms with Crippen molar-refractivity contribution < 1.29 is 18.0 Å². The number of aliphatic imine (C=N–C) groups is 1. The van der Waals surface area contributed by atoms with Crippen LogP contribution >= 0.6 is 0 Å². The van der Waals surface area contributed by atoms with Gasteiger partial charge in [0.05, 0.1) is 11.1 Å². The van der Waals surface area contributed by atoms with Gasteiger partial charge in [-0.1, -0.05) is 26.0 Å². The molecule has 0 saturated heterocycles. The van der Waals surface area contributed by atoms with Gasteiger partial charge in [-0.05, 0) is 36.0 Å². The van der Waals surface area contributed by atoms with E-state index in [0.29, 0.717) is 18.4 Å². The summed E-state index contributed by atoms with van der Waals surface area (Å²) >= 11 is 0. The molecule has 0 aliphatic heterocycles. The number of benzene rings is 1. The Bertz CT molecular complexity index is 517. The number of alkyl halides is 3. The van der Waals surface area contributed by atoms with Crippen LogP contribution in [0.15, 0.2) is 29.3 Å². The average Bonchev–Trinajstić information content (AvgIpc) is 2.25. The first-order valence-electron chi connectivity index (χ1n) is 5.95. The van der Waals surface area contributed by atoms with Crippen molar-refractivity contribution in [2.24, 2.45) is 10.4 Å². The van der Waals surface area contributed by atoms with Gasteiger partial charge in [0.15, 0.2) is 0 Å². The zero-order valence-corrected chi connectivity index (χ0v) is 10.7. The van der Waals surface area contributed by atoms with Crippen molar-refractivity contribution in [3.8, 4) is 0 Å². The Labute approximate surface area is 109 Å². The minimum atomic E-state index is -4.35. The minimum absolute atomic E-state index is 0.0447. The molecule has 1 saturated carbocycles. The second kappa shape index (κ2) is 4.20. The average molecular weight is 269 g/mol. The molecule has 2 rings (SSSR count). The van der Waals surface area contributed by atoms with Crippen LogP contribution in [0.2, 0.25) is 0 Å². The van der Waals surface area contributed by atoms with E-state index in [2.05, 4.69) is 4.99 Å². The molecule has 0 unspecified atom stereocenters. The minimum Gasteiger partial charge on any atom is -0.211 e. The van der Waals surface area contributed by atoms with E-state index in [1.54, 1.807) is 6.08 Å². The van der Waals surface area contributed by atoms with E-state index in [1.807, 2.05) is 13.8 Å². The first-order chi connectivity index (χ1) is 8.69. The maximum Gasteiger partial charge on any atom is 0.416 e. The summed E-state index contributed by atoms with van der Waals surface area (Å²) in [5.41, 5.74) is -0.707. The molecule has 2 nitrogen and oxygen atoms in total. The van der Waals surface area contributed by atoms with E-state index in [0.717, 1.165) is 12.1 Å². The number of halogens is 3. The molecule has 1 aromatic rings. The largest absolute Gasteiger partial charge is 0.416 e. The Morgan fingerprint density at radius 1 is 1.16 bits per heavy atom. The molecular formula is C14H14F3NO. The van der Waals surface area contributed by atoms with E-state index >= 15 is 0 Å². The van der Waals surface area contributed by atoms with Crippen LogP contribution in [0, 0.1) is 5.41 Å². The first kappa shape index (κ1) is 13.8. The molecule has 1 fully saturated rings. The summed E-state index contributed by atoms with van der Waals surface area (Å²) in [6.07, 6.45) is -1.53.